The number of nitrogens with one attached hydrogen (secondary N) is 1. The van der Waals surface area contributed by atoms with Crippen LogP contribution in [0.2, 0.25) is 0 Å². The van der Waals surface area contributed by atoms with Gasteiger partial charge in [-0.3, -0.25) is 0 Å². The van der Waals surface area contributed by atoms with Crippen molar-refractivity contribution in [2.75, 3.05) is 23.3 Å². The number of nitrogens with two attached hydrogens (primary N) is 1. The van der Waals surface area contributed by atoms with Crippen LogP contribution in [0.3, 0.4) is 0 Å². The van der Waals surface area contributed by atoms with Crippen LogP contribution in [0.25, 0.3) is 11.1 Å². The number of methoxy groups -OCH3 is 1. The number of hydrogen-bond acceptors (Lipinski definition) is 4. The quantitative estimate of drug-likeness (QED) is 0.857. The van der Waals surface area contributed by atoms with Gasteiger partial charge in [-0.05, 0) is 36.2 Å². The van der Waals surface area contributed by atoms with Crippen molar-refractivity contribution >= 4 is 22.5 Å². The molecule has 7 heteroatoms. The highest BCUT2D eigenvalue weighted by Gasteiger charge is 2.15. The Morgan fingerprint density at radius 1 is 1.45 bits per heavy atom. The van der Waals surface area contributed by atoms with Crippen LogP contribution in [0.5, 0.6) is 5.75 Å². The fourth-order valence-corrected chi connectivity index (χ4v) is 2.92. The zero-order chi connectivity index (χ0) is 16.1. The highest BCUT2D eigenvalue weighted by atomic mass is 32.2. The molecule has 0 aliphatic rings. The molecule has 22 heavy (non-hydrogen) atoms. The van der Waals surface area contributed by atoms with Crippen molar-refractivity contribution in [1.82, 2.24) is 4.98 Å². The normalized spacial score (nSPS) is 12.0. The van der Waals surface area contributed by atoms with E-state index in [0.717, 1.165) is 6.42 Å². The summed E-state index contributed by atoms with van der Waals surface area (Å²) < 4.78 is 34.0. The van der Waals surface area contributed by atoms with Gasteiger partial charge in [-0.15, -0.1) is 0 Å². The number of rotatable bonds is 6. The van der Waals surface area contributed by atoms with Crippen LogP contribution in [-0.2, 0) is 11.0 Å². The van der Waals surface area contributed by atoms with E-state index >= 15 is 0 Å². The van der Waals surface area contributed by atoms with Crippen molar-refractivity contribution in [1.29, 1.82) is 0 Å². The van der Waals surface area contributed by atoms with Crippen LogP contribution < -0.4 is 15.2 Å². The third kappa shape index (κ3) is 3.54. The van der Waals surface area contributed by atoms with Crippen LogP contribution in [0.1, 0.15) is 13.3 Å². The van der Waals surface area contributed by atoms with E-state index in [-0.39, 0.29) is 5.75 Å². The lowest BCUT2D eigenvalue weighted by atomic mass is 10.1. The van der Waals surface area contributed by atoms with Gasteiger partial charge in [-0.1, -0.05) is 6.92 Å². The molecule has 1 aromatic heterocycles. The fourth-order valence-electron chi connectivity index (χ4n) is 2.05. The van der Waals surface area contributed by atoms with Gasteiger partial charge in [0.05, 0.1) is 12.8 Å². The van der Waals surface area contributed by atoms with Gasteiger partial charge in [0, 0.05) is 17.5 Å². The second-order valence-corrected chi connectivity index (χ2v) is 5.93. The first kappa shape index (κ1) is 16.2. The summed E-state index contributed by atoms with van der Waals surface area (Å²) in [5.74, 6) is 0.229. The summed E-state index contributed by atoms with van der Waals surface area (Å²) in [6.45, 7) is 1.92. The molecule has 1 unspecified atom stereocenters. The highest BCUT2D eigenvalue weighted by Crippen LogP contribution is 2.35. The molecule has 0 amide bonds. The van der Waals surface area contributed by atoms with Crippen LogP contribution in [0, 0.1) is 5.82 Å². The molecule has 0 radical (unpaired) electrons. The van der Waals surface area contributed by atoms with Gasteiger partial charge in [-0.2, -0.15) is 0 Å². The summed E-state index contributed by atoms with van der Waals surface area (Å²) in [5.41, 5.74) is 7.30. The molecular weight excluding hydrogens is 305 g/mol. The molecule has 118 valence electrons. The molecule has 0 bridgehead atoms. The van der Waals surface area contributed by atoms with Gasteiger partial charge in [0.15, 0.2) is 11.6 Å². The fraction of sp³-hybridized carbons (Fsp3) is 0.267. The van der Waals surface area contributed by atoms with Crippen molar-refractivity contribution in [3.05, 3.63) is 36.3 Å². The molecular formula is C15H18FN3O2S. The number of halogens is 1. The first-order valence-corrected chi connectivity index (χ1v) is 8.12. The summed E-state index contributed by atoms with van der Waals surface area (Å²) >= 11 is 0. The summed E-state index contributed by atoms with van der Waals surface area (Å²) in [5, 5.41) is 0. The average molecular weight is 323 g/mol. The predicted octanol–water partition coefficient (Wildman–Crippen LogP) is 2.96. The zero-order valence-electron chi connectivity index (χ0n) is 12.4. The second-order valence-electron chi connectivity index (χ2n) is 4.63. The molecule has 2 rings (SSSR count). The third-order valence-electron chi connectivity index (χ3n) is 3.01. The molecule has 1 heterocycles. The van der Waals surface area contributed by atoms with Crippen LogP contribution in [-0.4, -0.2) is 22.1 Å². The van der Waals surface area contributed by atoms with Crippen molar-refractivity contribution in [2.24, 2.45) is 0 Å². The summed E-state index contributed by atoms with van der Waals surface area (Å²) in [6.07, 6.45) is 2.31. The van der Waals surface area contributed by atoms with E-state index in [9.17, 15) is 8.60 Å². The summed E-state index contributed by atoms with van der Waals surface area (Å²) in [7, 11) is 0.0608. The summed E-state index contributed by atoms with van der Waals surface area (Å²) in [4.78, 5) is 3.99. The van der Waals surface area contributed by atoms with Gasteiger partial charge in [0.2, 0.25) is 0 Å². The lowest BCUT2D eigenvalue weighted by Crippen LogP contribution is -2.09. The lowest BCUT2D eigenvalue weighted by Gasteiger charge is -2.14. The van der Waals surface area contributed by atoms with Crippen molar-refractivity contribution in [2.45, 2.75) is 13.3 Å². The number of benzene rings is 1. The molecule has 0 saturated carbocycles. The van der Waals surface area contributed by atoms with Crippen molar-refractivity contribution < 1.29 is 13.3 Å². The molecule has 3 N–H and O–H groups in total. The first-order valence-electron chi connectivity index (χ1n) is 6.80. The van der Waals surface area contributed by atoms with E-state index < -0.39 is 16.8 Å². The number of nitrogen functional groups attached to an aromatic ring is 1. The number of anilines is 2. The topological polar surface area (TPSA) is 77.2 Å². The van der Waals surface area contributed by atoms with E-state index in [1.807, 2.05) is 6.92 Å². The number of ether oxygens (including phenoxy) is 1. The highest BCUT2D eigenvalue weighted by molar-refractivity contribution is 7.86. The molecule has 5 nitrogen and oxygen atoms in total. The van der Waals surface area contributed by atoms with Gasteiger partial charge in [0.25, 0.3) is 0 Å². The Morgan fingerprint density at radius 3 is 2.86 bits per heavy atom. The lowest BCUT2D eigenvalue weighted by molar-refractivity contribution is 0.389. The smallest absolute Gasteiger partial charge is 0.178 e. The van der Waals surface area contributed by atoms with Crippen LogP contribution in [0.15, 0.2) is 30.5 Å². The molecule has 1 aromatic carbocycles. The molecule has 0 aliphatic heterocycles. The monoisotopic (exact) mass is 323 g/mol. The number of aromatic nitrogens is 1. The molecule has 2 aromatic rings. The molecule has 0 aliphatic carbocycles. The van der Waals surface area contributed by atoms with Crippen molar-refractivity contribution in [3.8, 4) is 16.9 Å². The Kier molecular flexibility index (Phi) is 5.32. The van der Waals surface area contributed by atoms with E-state index in [2.05, 4.69) is 9.71 Å². The number of nitrogens with zero attached hydrogens (tertiary/aromatic N) is 1. The van der Waals surface area contributed by atoms with E-state index in [1.165, 1.54) is 13.2 Å². The number of pyridine rings is 1. The number of hydrogen-bond donors (Lipinski definition) is 2. The van der Waals surface area contributed by atoms with Gasteiger partial charge in [0.1, 0.15) is 16.8 Å². The minimum atomic E-state index is -1.30. The maximum Gasteiger partial charge on any atom is 0.178 e. The molecule has 1 atom stereocenters. The van der Waals surface area contributed by atoms with E-state index in [4.69, 9.17) is 10.5 Å². The maximum absolute atomic E-state index is 14.2. The molecule has 0 fully saturated rings. The van der Waals surface area contributed by atoms with E-state index in [0.29, 0.717) is 28.4 Å². The van der Waals surface area contributed by atoms with E-state index in [1.54, 1.807) is 24.4 Å². The minimum Gasteiger partial charge on any atom is -0.492 e. The van der Waals surface area contributed by atoms with Crippen LogP contribution >= 0.6 is 0 Å². The van der Waals surface area contributed by atoms with Gasteiger partial charge in [-0.25, -0.2) is 13.6 Å². The molecule has 0 spiro atoms. The van der Waals surface area contributed by atoms with Gasteiger partial charge >= 0.3 is 0 Å². The van der Waals surface area contributed by atoms with Crippen molar-refractivity contribution in [3.63, 3.8) is 0 Å². The zero-order valence-corrected chi connectivity index (χ0v) is 13.2. The third-order valence-corrected chi connectivity index (χ3v) is 4.24. The Labute approximate surface area is 131 Å². The Balaban J connectivity index is 2.48. The minimum absolute atomic E-state index is 0.0238. The van der Waals surface area contributed by atoms with Crippen LogP contribution in [0.4, 0.5) is 15.9 Å². The Bertz CT molecular complexity index is 694. The Morgan fingerprint density at radius 2 is 2.23 bits per heavy atom. The summed E-state index contributed by atoms with van der Waals surface area (Å²) in [6, 6.07) is 6.44. The standard InChI is InChI=1S/C15H18FN3O2S/c1-3-7-22(20)19-13-9-10(8-12(16)14(13)21-2)11-5-4-6-18-15(11)17/h4-6,8-9,19H,3,7H2,1-2H3,(H2,17,18). The van der Waals surface area contributed by atoms with Gasteiger partial charge < -0.3 is 15.2 Å². The molecule has 0 saturated heterocycles. The maximum atomic E-state index is 14.2. The Hall–Kier alpha value is -2.15. The SMILES string of the molecule is CCCS(=O)Nc1cc(-c2cccnc2N)cc(F)c1OC. The first-order chi connectivity index (χ1) is 10.6. The largest absolute Gasteiger partial charge is 0.492 e. The second kappa shape index (κ2) is 7.22. The predicted molar refractivity (Wildman–Crippen MR) is 87.5 cm³/mol. The average Bonchev–Trinajstić information content (AvgIpc) is 2.47.